The fourth-order valence-corrected chi connectivity index (χ4v) is 5.38. The van der Waals surface area contributed by atoms with E-state index in [1.165, 1.54) is 11.8 Å². The van der Waals surface area contributed by atoms with E-state index in [1.54, 1.807) is 30.3 Å². The average Bonchev–Trinajstić information content (AvgIpc) is 3.52. The van der Waals surface area contributed by atoms with Crippen LogP contribution in [0, 0.1) is 5.92 Å². The molecule has 0 radical (unpaired) electrons. The van der Waals surface area contributed by atoms with Gasteiger partial charge in [0.15, 0.2) is 11.0 Å². The summed E-state index contributed by atoms with van der Waals surface area (Å²) >= 11 is 2.91. The summed E-state index contributed by atoms with van der Waals surface area (Å²) in [7, 11) is 1.63. The molecule has 0 saturated carbocycles. The first-order valence-corrected chi connectivity index (χ1v) is 12.7. The van der Waals surface area contributed by atoms with Crippen molar-refractivity contribution in [3.63, 3.8) is 0 Å². The maximum atomic E-state index is 13.0. The summed E-state index contributed by atoms with van der Waals surface area (Å²) in [6, 6.07) is 11.6. The van der Waals surface area contributed by atoms with Crippen LogP contribution >= 0.6 is 23.1 Å². The van der Waals surface area contributed by atoms with Gasteiger partial charge in [-0.2, -0.15) is 0 Å². The first-order valence-electron chi connectivity index (χ1n) is 10.8. The molecule has 1 aliphatic heterocycles. The minimum absolute atomic E-state index is 0.0266. The topological polar surface area (TPSA) is 86.5 Å². The summed E-state index contributed by atoms with van der Waals surface area (Å²) in [4.78, 5) is 27.8. The summed E-state index contributed by atoms with van der Waals surface area (Å²) in [5.74, 6) is 1.09. The fraction of sp³-hybridized carbons (Fsp3) is 0.391. The molecule has 10 heteroatoms. The van der Waals surface area contributed by atoms with Crippen LogP contribution < -0.4 is 4.74 Å². The average molecular weight is 487 g/mol. The van der Waals surface area contributed by atoms with E-state index >= 15 is 0 Å². The second-order valence-corrected chi connectivity index (χ2v) is 9.40. The Kier molecular flexibility index (Phi) is 7.66. The number of benzene rings is 1. The van der Waals surface area contributed by atoms with Crippen molar-refractivity contribution in [1.29, 1.82) is 0 Å². The SMILES string of the molecule is CCOC(=O)C1CCCN(C(=O)CSc2nnc(-c3cccs3)n2-c2ccccc2OC)C1. The Morgan fingerprint density at radius 2 is 2.06 bits per heavy atom. The number of nitrogens with zero attached hydrogens (tertiary/aromatic N) is 4. The van der Waals surface area contributed by atoms with E-state index in [0.717, 1.165) is 23.4 Å². The molecule has 4 rings (SSSR count). The predicted octanol–water partition coefficient (Wildman–Crippen LogP) is 3.90. The number of amides is 1. The van der Waals surface area contributed by atoms with Gasteiger partial charge in [-0.15, -0.1) is 21.5 Å². The van der Waals surface area contributed by atoms with Gasteiger partial charge in [0.1, 0.15) is 5.75 Å². The second-order valence-electron chi connectivity index (χ2n) is 7.51. The number of esters is 1. The van der Waals surface area contributed by atoms with E-state index in [4.69, 9.17) is 9.47 Å². The summed E-state index contributed by atoms with van der Waals surface area (Å²) in [5.41, 5.74) is 0.809. The molecule has 3 heterocycles. The first kappa shape index (κ1) is 23.3. The Bertz CT molecular complexity index is 1100. The minimum atomic E-state index is -0.254. The Hall–Kier alpha value is -2.85. The molecule has 0 bridgehead atoms. The molecule has 33 heavy (non-hydrogen) atoms. The maximum absolute atomic E-state index is 13.0. The third-order valence-electron chi connectivity index (χ3n) is 5.42. The van der Waals surface area contributed by atoms with Gasteiger partial charge in [0.05, 0.1) is 36.0 Å². The fourth-order valence-electron chi connectivity index (χ4n) is 3.83. The molecule has 0 spiro atoms. The third kappa shape index (κ3) is 5.22. The van der Waals surface area contributed by atoms with Gasteiger partial charge in [-0.3, -0.25) is 14.2 Å². The third-order valence-corrected chi connectivity index (χ3v) is 7.20. The minimum Gasteiger partial charge on any atom is -0.495 e. The summed E-state index contributed by atoms with van der Waals surface area (Å²) in [5, 5.41) is 11.4. The highest BCUT2D eigenvalue weighted by Crippen LogP contribution is 2.34. The summed E-state index contributed by atoms with van der Waals surface area (Å²) < 4.78 is 12.6. The molecule has 1 fully saturated rings. The molecule has 1 aromatic carbocycles. The van der Waals surface area contributed by atoms with Crippen LogP contribution in [0.3, 0.4) is 0 Å². The monoisotopic (exact) mass is 486 g/mol. The Labute approximate surface area is 200 Å². The smallest absolute Gasteiger partial charge is 0.310 e. The van der Waals surface area contributed by atoms with E-state index in [-0.39, 0.29) is 23.5 Å². The van der Waals surface area contributed by atoms with Gasteiger partial charge < -0.3 is 14.4 Å². The van der Waals surface area contributed by atoms with Crippen molar-refractivity contribution >= 4 is 35.0 Å². The highest BCUT2D eigenvalue weighted by molar-refractivity contribution is 7.99. The number of carbonyl (C=O) groups is 2. The van der Waals surface area contributed by atoms with Crippen molar-refractivity contribution in [2.75, 3.05) is 32.6 Å². The standard InChI is InChI=1S/C23H26N4O4S2/c1-3-31-22(29)16-8-6-12-26(14-16)20(28)15-33-23-25-24-21(19-11-7-13-32-19)27(23)17-9-4-5-10-18(17)30-2/h4-5,7,9-11,13,16H,3,6,8,12,14-15H2,1-2H3. The van der Waals surface area contributed by atoms with E-state index in [2.05, 4.69) is 10.2 Å². The molecular formula is C23H26N4O4S2. The number of para-hydroxylation sites is 2. The quantitative estimate of drug-likeness (QED) is 0.353. The number of likely N-dealkylation sites (tertiary alicyclic amines) is 1. The lowest BCUT2D eigenvalue weighted by Crippen LogP contribution is -2.43. The van der Waals surface area contributed by atoms with Crippen LogP contribution in [0.4, 0.5) is 0 Å². The van der Waals surface area contributed by atoms with Crippen molar-refractivity contribution in [2.24, 2.45) is 5.92 Å². The van der Waals surface area contributed by atoms with E-state index in [1.807, 2.05) is 46.3 Å². The van der Waals surface area contributed by atoms with Crippen LogP contribution in [-0.2, 0) is 14.3 Å². The highest BCUT2D eigenvalue weighted by Gasteiger charge is 2.30. The Balaban J connectivity index is 1.54. The molecule has 2 aromatic heterocycles. The number of hydrogen-bond acceptors (Lipinski definition) is 8. The number of piperidine rings is 1. The van der Waals surface area contributed by atoms with Crippen molar-refractivity contribution in [2.45, 2.75) is 24.9 Å². The van der Waals surface area contributed by atoms with Crippen molar-refractivity contribution in [3.8, 4) is 22.1 Å². The van der Waals surface area contributed by atoms with Crippen LogP contribution in [0.2, 0.25) is 0 Å². The van der Waals surface area contributed by atoms with Crippen LogP contribution in [-0.4, -0.2) is 64.1 Å². The molecule has 1 atom stereocenters. The summed E-state index contributed by atoms with van der Waals surface area (Å²) in [6.45, 7) is 3.19. The normalized spacial score (nSPS) is 15.9. The molecule has 1 amide bonds. The number of hydrogen-bond donors (Lipinski definition) is 0. The maximum Gasteiger partial charge on any atom is 0.310 e. The van der Waals surface area contributed by atoms with Crippen molar-refractivity contribution in [1.82, 2.24) is 19.7 Å². The largest absolute Gasteiger partial charge is 0.495 e. The van der Waals surface area contributed by atoms with Crippen molar-refractivity contribution < 1.29 is 19.1 Å². The Morgan fingerprint density at radius 3 is 2.82 bits per heavy atom. The van der Waals surface area contributed by atoms with Crippen LogP contribution in [0.25, 0.3) is 16.4 Å². The molecule has 0 aliphatic carbocycles. The van der Waals surface area contributed by atoms with Crippen LogP contribution in [0.15, 0.2) is 46.9 Å². The van der Waals surface area contributed by atoms with Crippen LogP contribution in [0.1, 0.15) is 19.8 Å². The predicted molar refractivity (Wildman–Crippen MR) is 128 cm³/mol. The number of thioether (sulfide) groups is 1. The number of rotatable bonds is 8. The molecular weight excluding hydrogens is 460 g/mol. The highest BCUT2D eigenvalue weighted by atomic mass is 32.2. The molecule has 1 saturated heterocycles. The zero-order valence-electron chi connectivity index (χ0n) is 18.6. The number of carbonyl (C=O) groups excluding carboxylic acids is 2. The summed E-state index contributed by atoms with van der Waals surface area (Å²) in [6.07, 6.45) is 1.54. The lowest BCUT2D eigenvalue weighted by molar-refractivity contribution is -0.151. The van der Waals surface area contributed by atoms with Crippen molar-refractivity contribution in [3.05, 3.63) is 41.8 Å². The molecule has 0 N–H and O–H groups in total. The molecule has 1 unspecified atom stereocenters. The first-order chi connectivity index (χ1) is 16.1. The van der Waals surface area contributed by atoms with Gasteiger partial charge in [0.25, 0.3) is 0 Å². The van der Waals surface area contributed by atoms with Crippen LogP contribution in [0.5, 0.6) is 5.75 Å². The molecule has 174 valence electrons. The molecule has 1 aliphatic rings. The van der Waals surface area contributed by atoms with Gasteiger partial charge in [-0.1, -0.05) is 30.0 Å². The zero-order chi connectivity index (χ0) is 23.2. The van der Waals surface area contributed by atoms with Gasteiger partial charge in [0.2, 0.25) is 5.91 Å². The van der Waals surface area contributed by atoms with Gasteiger partial charge in [-0.05, 0) is 43.3 Å². The molecule has 8 nitrogen and oxygen atoms in total. The van der Waals surface area contributed by atoms with Gasteiger partial charge in [-0.25, -0.2) is 0 Å². The van der Waals surface area contributed by atoms with E-state index < -0.39 is 0 Å². The van der Waals surface area contributed by atoms with Gasteiger partial charge in [0, 0.05) is 13.1 Å². The lowest BCUT2D eigenvalue weighted by Gasteiger charge is -2.31. The zero-order valence-corrected chi connectivity index (χ0v) is 20.2. The lowest BCUT2D eigenvalue weighted by atomic mass is 9.98. The Morgan fingerprint density at radius 1 is 1.21 bits per heavy atom. The molecule has 3 aromatic rings. The van der Waals surface area contributed by atoms with Gasteiger partial charge >= 0.3 is 5.97 Å². The number of thiophene rings is 1. The van der Waals surface area contributed by atoms with E-state index in [0.29, 0.717) is 36.4 Å². The number of ether oxygens (including phenoxy) is 2. The number of methoxy groups -OCH3 is 1. The van der Waals surface area contributed by atoms with E-state index in [9.17, 15) is 9.59 Å². The second kappa shape index (κ2) is 10.8. The number of aromatic nitrogens is 3.